The zero-order valence-electron chi connectivity index (χ0n) is 11.8. The summed E-state index contributed by atoms with van der Waals surface area (Å²) < 4.78 is 0. The first-order chi connectivity index (χ1) is 10.0. The molecule has 0 radical (unpaired) electrons. The van der Waals surface area contributed by atoms with Gasteiger partial charge in [0.05, 0.1) is 17.8 Å². The smallest absolute Gasteiger partial charge is 0.257 e. The first kappa shape index (κ1) is 15.7. The topological polar surface area (TPSA) is 46.1 Å². The van der Waals surface area contributed by atoms with Crippen molar-refractivity contribution in [2.45, 2.75) is 20.4 Å². The highest BCUT2D eigenvalue weighted by molar-refractivity contribution is 6.34. The van der Waals surface area contributed by atoms with E-state index in [-0.39, 0.29) is 16.2 Å². The summed E-state index contributed by atoms with van der Waals surface area (Å²) in [5.74, 6) is -0.185. The zero-order valence-corrected chi connectivity index (χ0v) is 13.3. The molecule has 0 bridgehead atoms. The molecular weight excluding hydrogens is 309 g/mol. The van der Waals surface area contributed by atoms with Crippen molar-refractivity contribution in [3.05, 3.63) is 57.6 Å². The van der Waals surface area contributed by atoms with Gasteiger partial charge in [0.1, 0.15) is 10.3 Å². The molecule has 21 heavy (non-hydrogen) atoms. The number of amides is 1. The highest BCUT2D eigenvalue weighted by Gasteiger charge is 2.19. The Bertz CT molecular complexity index is 661. The Morgan fingerprint density at radius 3 is 2.57 bits per heavy atom. The average Bonchev–Trinajstić information content (AvgIpc) is 2.44. The second kappa shape index (κ2) is 6.87. The van der Waals surface area contributed by atoms with Gasteiger partial charge in [-0.2, -0.15) is 0 Å². The normalized spacial score (nSPS) is 10.5. The highest BCUT2D eigenvalue weighted by atomic mass is 35.5. The minimum absolute atomic E-state index is 0.114. The maximum atomic E-state index is 12.5. The van der Waals surface area contributed by atoms with E-state index in [0.29, 0.717) is 18.7 Å². The fourth-order valence-corrected chi connectivity index (χ4v) is 2.38. The number of carbonyl (C=O) groups is 1. The molecule has 0 saturated carbocycles. The van der Waals surface area contributed by atoms with E-state index in [4.69, 9.17) is 23.2 Å². The molecule has 0 unspecified atom stereocenters. The first-order valence-electron chi connectivity index (χ1n) is 6.55. The summed E-state index contributed by atoms with van der Waals surface area (Å²) in [5, 5.41) is 0.378. The van der Waals surface area contributed by atoms with Crippen molar-refractivity contribution in [1.82, 2.24) is 14.9 Å². The van der Waals surface area contributed by atoms with Crippen LogP contribution in [0.4, 0.5) is 0 Å². The van der Waals surface area contributed by atoms with Gasteiger partial charge in [-0.1, -0.05) is 29.3 Å². The van der Waals surface area contributed by atoms with E-state index in [2.05, 4.69) is 9.97 Å². The Morgan fingerprint density at radius 1 is 1.19 bits per heavy atom. The van der Waals surface area contributed by atoms with Crippen LogP contribution in [-0.4, -0.2) is 27.3 Å². The third kappa shape index (κ3) is 3.93. The molecular formula is C15H15Cl2N3O. The first-order valence-corrected chi connectivity index (χ1v) is 7.30. The van der Waals surface area contributed by atoms with Crippen molar-refractivity contribution in [2.75, 3.05) is 6.54 Å². The third-order valence-electron chi connectivity index (χ3n) is 3.01. The van der Waals surface area contributed by atoms with Crippen LogP contribution < -0.4 is 0 Å². The molecule has 1 amide bonds. The van der Waals surface area contributed by atoms with E-state index >= 15 is 0 Å². The van der Waals surface area contributed by atoms with Crippen molar-refractivity contribution < 1.29 is 4.79 Å². The van der Waals surface area contributed by atoms with Crippen molar-refractivity contribution >= 4 is 29.1 Å². The molecule has 0 aromatic carbocycles. The number of carbonyl (C=O) groups excluding carboxylic acids is 1. The van der Waals surface area contributed by atoms with Gasteiger partial charge in [0.2, 0.25) is 0 Å². The van der Waals surface area contributed by atoms with Crippen LogP contribution in [0.3, 0.4) is 0 Å². The van der Waals surface area contributed by atoms with Crippen LogP contribution in [0.5, 0.6) is 0 Å². The van der Waals surface area contributed by atoms with Gasteiger partial charge in [-0.15, -0.1) is 0 Å². The lowest BCUT2D eigenvalue weighted by molar-refractivity contribution is 0.0750. The minimum Gasteiger partial charge on any atom is -0.333 e. The molecule has 0 saturated heterocycles. The molecule has 2 aromatic heterocycles. The van der Waals surface area contributed by atoms with Gasteiger partial charge in [0.25, 0.3) is 5.91 Å². The molecule has 4 nitrogen and oxygen atoms in total. The molecule has 0 N–H and O–H groups in total. The van der Waals surface area contributed by atoms with Gasteiger partial charge in [-0.3, -0.25) is 9.78 Å². The molecule has 0 atom stereocenters. The molecule has 0 aliphatic heterocycles. The predicted molar refractivity (Wildman–Crippen MR) is 83.6 cm³/mol. The number of pyridine rings is 2. The minimum atomic E-state index is -0.185. The van der Waals surface area contributed by atoms with Crippen LogP contribution in [0.2, 0.25) is 10.3 Å². The summed E-state index contributed by atoms with van der Waals surface area (Å²) in [6.45, 7) is 4.80. The molecule has 2 heterocycles. The van der Waals surface area contributed by atoms with Crippen molar-refractivity contribution in [1.29, 1.82) is 0 Å². The maximum absolute atomic E-state index is 12.5. The average molecular weight is 324 g/mol. The molecule has 0 aliphatic carbocycles. The van der Waals surface area contributed by atoms with Crippen LogP contribution in [0.15, 0.2) is 30.3 Å². The standard InChI is InChI=1S/C15H15Cl2N3O/c1-3-20(9-11-6-4-5-10(2)18-11)15(21)12-7-8-13(16)19-14(12)17/h4-8H,3,9H2,1-2H3. The number of aryl methyl sites for hydroxylation is 1. The quantitative estimate of drug-likeness (QED) is 0.805. The van der Waals surface area contributed by atoms with Crippen LogP contribution >= 0.6 is 23.2 Å². The Balaban J connectivity index is 2.22. The number of hydrogen-bond donors (Lipinski definition) is 0. The van der Waals surface area contributed by atoms with E-state index in [1.54, 1.807) is 17.0 Å². The molecule has 0 aliphatic rings. The Hall–Kier alpha value is -1.65. The van der Waals surface area contributed by atoms with Crippen molar-refractivity contribution in [3.8, 4) is 0 Å². The third-order valence-corrected chi connectivity index (χ3v) is 3.51. The fourth-order valence-electron chi connectivity index (χ4n) is 1.95. The van der Waals surface area contributed by atoms with E-state index in [1.807, 2.05) is 32.0 Å². The summed E-state index contributed by atoms with van der Waals surface area (Å²) in [4.78, 5) is 22.5. The lowest BCUT2D eigenvalue weighted by Gasteiger charge is -2.21. The SMILES string of the molecule is CCN(Cc1cccc(C)n1)C(=O)c1ccc(Cl)nc1Cl. The number of nitrogens with zero attached hydrogens (tertiary/aromatic N) is 3. The largest absolute Gasteiger partial charge is 0.333 e. The lowest BCUT2D eigenvalue weighted by Crippen LogP contribution is -2.31. The second-order valence-corrected chi connectivity index (χ2v) is 5.31. The summed E-state index contributed by atoms with van der Waals surface area (Å²) in [6, 6.07) is 8.88. The molecule has 0 spiro atoms. The monoisotopic (exact) mass is 323 g/mol. The van der Waals surface area contributed by atoms with Gasteiger partial charge in [-0.05, 0) is 38.1 Å². The number of aromatic nitrogens is 2. The summed E-state index contributed by atoms with van der Waals surface area (Å²) in [5.41, 5.74) is 2.10. The van der Waals surface area contributed by atoms with Crippen molar-refractivity contribution in [2.24, 2.45) is 0 Å². The summed E-state index contributed by atoms with van der Waals surface area (Å²) in [6.07, 6.45) is 0. The van der Waals surface area contributed by atoms with Crippen LogP contribution in [0.25, 0.3) is 0 Å². The lowest BCUT2D eigenvalue weighted by atomic mass is 10.2. The second-order valence-electron chi connectivity index (χ2n) is 4.56. The summed E-state index contributed by atoms with van der Waals surface area (Å²) in [7, 11) is 0. The van der Waals surface area contributed by atoms with Gasteiger partial charge >= 0.3 is 0 Å². The van der Waals surface area contributed by atoms with E-state index < -0.39 is 0 Å². The molecule has 6 heteroatoms. The molecule has 2 aromatic rings. The molecule has 110 valence electrons. The van der Waals surface area contributed by atoms with Gasteiger partial charge in [0.15, 0.2) is 0 Å². The van der Waals surface area contributed by atoms with E-state index in [0.717, 1.165) is 11.4 Å². The number of rotatable bonds is 4. The van der Waals surface area contributed by atoms with E-state index in [1.165, 1.54) is 0 Å². The fraction of sp³-hybridized carbons (Fsp3) is 0.267. The van der Waals surface area contributed by atoms with Crippen LogP contribution in [-0.2, 0) is 6.54 Å². The van der Waals surface area contributed by atoms with Crippen molar-refractivity contribution in [3.63, 3.8) is 0 Å². The van der Waals surface area contributed by atoms with Crippen LogP contribution in [0.1, 0.15) is 28.7 Å². The Kier molecular flexibility index (Phi) is 5.15. The number of hydrogen-bond acceptors (Lipinski definition) is 3. The van der Waals surface area contributed by atoms with Crippen LogP contribution in [0, 0.1) is 6.92 Å². The molecule has 0 fully saturated rings. The van der Waals surface area contributed by atoms with Gasteiger partial charge < -0.3 is 4.90 Å². The highest BCUT2D eigenvalue weighted by Crippen LogP contribution is 2.19. The van der Waals surface area contributed by atoms with E-state index in [9.17, 15) is 4.79 Å². The summed E-state index contributed by atoms with van der Waals surface area (Å²) >= 11 is 11.7. The molecule has 2 rings (SSSR count). The zero-order chi connectivity index (χ0) is 15.4. The number of halogens is 2. The maximum Gasteiger partial charge on any atom is 0.257 e. The Morgan fingerprint density at radius 2 is 1.95 bits per heavy atom. The van der Waals surface area contributed by atoms with Gasteiger partial charge in [-0.25, -0.2) is 4.98 Å². The Labute approximate surface area is 133 Å². The van der Waals surface area contributed by atoms with Gasteiger partial charge in [0, 0.05) is 12.2 Å². The predicted octanol–water partition coefficient (Wildman–Crippen LogP) is 3.75.